The van der Waals surface area contributed by atoms with Gasteiger partial charge in [-0.2, -0.15) is 0 Å². The molecule has 0 unspecified atom stereocenters. The summed E-state index contributed by atoms with van der Waals surface area (Å²) in [6, 6.07) is 9.55. The summed E-state index contributed by atoms with van der Waals surface area (Å²) in [5.74, 6) is 0.178. The van der Waals surface area contributed by atoms with Gasteiger partial charge in [-0.25, -0.2) is 0 Å². The molecule has 130 valence electrons. The molecule has 2 fully saturated rings. The summed E-state index contributed by atoms with van der Waals surface area (Å²) in [6.07, 6.45) is 8.80. The van der Waals surface area contributed by atoms with Gasteiger partial charge < -0.3 is 10.1 Å². The maximum atomic E-state index is 12.4. The third-order valence-corrected chi connectivity index (χ3v) is 4.99. The first-order valence-electron chi connectivity index (χ1n) is 9.27. The monoisotopic (exact) mass is 329 g/mol. The summed E-state index contributed by atoms with van der Waals surface area (Å²) >= 11 is 0. The molecule has 2 saturated carbocycles. The van der Waals surface area contributed by atoms with Gasteiger partial charge in [0.05, 0.1) is 0 Å². The number of ether oxygens (including phenoxy) is 1. The van der Waals surface area contributed by atoms with Crippen LogP contribution in [-0.4, -0.2) is 17.9 Å². The Labute approximate surface area is 144 Å². The van der Waals surface area contributed by atoms with Crippen LogP contribution in [0.1, 0.15) is 69.5 Å². The lowest BCUT2D eigenvalue weighted by molar-refractivity contribution is -0.156. The van der Waals surface area contributed by atoms with E-state index in [2.05, 4.69) is 5.32 Å². The van der Waals surface area contributed by atoms with Gasteiger partial charge in [0.2, 0.25) is 6.10 Å². The Morgan fingerprint density at radius 3 is 2.42 bits per heavy atom. The van der Waals surface area contributed by atoms with Gasteiger partial charge in [-0.1, -0.05) is 62.4 Å². The van der Waals surface area contributed by atoms with Gasteiger partial charge in [-0.05, 0) is 25.2 Å². The average Bonchev–Trinajstić information content (AvgIpc) is 3.43. The Balaban J connectivity index is 1.55. The number of hydrogen-bond acceptors (Lipinski definition) is 3. The highest BCUT2D eigenvalue weighted by molar-refractivity contribution is 5.85. The summed E-state index contributed by atoms with van der Waals surface area (Å²) in [5, 5.41) is 2.95. The fraction of sp³-hybridized carbons (Fsp3) is 0.600. The lowest BCUT2D eigenvalue weighted by Crippen LogP contribution is -2.33. The predicted octanol–water partition coefficient (Wildman–Crippen LogP) is 3.91. The zero-order chi connectivity index (χ0) is 16.8. The molecule has 24 heavy (non-hydrogen) atoms. The number of rotatable bonds is 7. The van der Waals surface area contributed by atoms with Crippen molar-refractivity contribution >= 4 is 11.9 Å². The van der Waals surface area contributed by atoms with Crippen LogP contribution < -0.4 is 5.32 Å². The molecule has 0 bridgehead atoms. The van der Waals surface area contributed by atoms with Crippen LogP contribution in [0, 0.1) is 5.92 Å². The Morgan fingerprint density at radius 2 is 1.75 bits per heavy atom. The molecular formula is C20H27NO3. The molecule has 3 rings (SSSR count). The first kappa shape index (κ1) is 17.0. The predicted molar refractivity (Wildman–Crippen MR) is 92.2 cm³/mol. The molecule has 4 nitrogen and oxygen atoms in total. The Kier molecular flexibility index (Phi) is 5.89. The van der Waals surface area contributed by atoms with E-state index < -0.39 is 6.10 Å². The number of carbonyl (C=O) groups excluding carboxylic acids is 2. The van der Waals surface area contributed by atoms with Gasteiger partial charge in [0.25, 0.3) is 5.91 Å². The highest BCUT2D eigenvalue weighted by Gasteiger charge is 2.30. The van der Waals surface area contributed by atoms with Gasteiger partial charge in [0.15, 0.2) is 0 Å². The van der Waals surface area contributed by atoms with E-state index in [1.165, 1.54) is 32.1 Å². The molecule has 4 heteroatoms. The van der Waals surface area contributed by atoms with E-state index in [1.807, 2.05) is 30.3 Å². The fourth-order valence-electron chi connectivity index (χ4n) is 3.39. The quantitative estimate of drug-likeness (QED) is 0.772. The largest absolute Gasteiger partial charge is 0.447 e. The zero-order valence-corrected chi connectivity index (χ0v) is 14.2. The first-order valence-corrected chi connectivity index (χ1v) is 9.27. The van der Waals surface area contributed by atoms with Gasteiger partial charge >= 0.3 is 5.97 Å². The molecule has 1 amide bonds. The second-order valence-corrected chi connectivity index (χ2v) is 7.11. The van der Waals surface area contributed by atoms with Crippen LogP contribution in [0.15, 0.2) is 30.3 Å². The van der Waals surface area contributed by atoms with Crippen LogP contribution in [0.5, 0.6) is 0 Å². The lowest BCUT2D eigenvalue weighted by Gasteiger charge is -2.22. The molecule has 1 aromatic rings. The zero-order valence-electron chi connectivity index (χ0n) is 14.2. The average molecular weight is 329 g/mol. The maximum absolute atomic E-state index is 12.4. The third kappa shape index (κ3) is 5.08. The Morgan fingerprint density at radius 1 is 1.04 bits per heavy atom. The van der Waals surface area contributed by atoms with Gasteiger partial charge in [0, 0.05) is 18.0 Å². The highest BCUT2D eigenvalue weighted by Crippen LogP contribution is 2.28. The Hall–Kier alpha value is -1.84. The van der Waals surface area contributed by atoms with Gasteiger partial charge in [0.1, 0.15) is 0 Å². The Bertz CT molecular complexity index is 547. The minimum absolute atomic E-state index is 0.199. The van der Waals surface area contributed by atoms with Crippen LogP contribution in [0.3, 0.4) is 0 Å². The van der Waals surface area contributed by atoms with Crippen LogP contribution >= 0.6 is 0 Å². The summed E-state index contributed by atoms with van der Waals surface area (Å²) in [4.78, 5) is 24.7. The number of benzene rings is 1. The smallest absolute Gasteiger partial charge is 0.306 e. The van der Waals surface area contributed by atoms with E-state index in [1.54, 1.807) is 0 Å². The minimum Gasteiger partial charge on any atom is -0.447 e. The summed E-state index contributed by atoms with van der Waals surface area (Å²) < 4.78 is 5.57. The van der Waals surface area contributed by atoms with Crippen LogP contribution in [0.25, 0.3) is 0 Å². The molecule has 2 aliphatic rings. The van der Waals surface area contributed by atoms with Gasteiger partial charge in [-0.3, -0.25) is 9.59 Å². The molecule has 1 N–H and O–H groups in total. The topological polar surface area (TPSA) is 55.4 Å². The lowest BCUT2D eigenvalue weighted by atomic mass is 9.86. The van der Waals surface area contributed by atoms with Crippen molar-refractivity contribution in [1.29, 1.82) is 0 Å². The molecule has 0 heterocycles. The van der Waals surface area contributed by atoms with E-state index in [9.17, 15) is 9.59 Å². The number of nitrogens with one attached hydrogen (secondary N) is 1. The molecule has 1 aromatic carbocycles. The van der Waals surface area contributed by atoms with Crippen molar-refractivity contribution in [1.82, 2.24) is 5.32 Å². The standard InChI is InChI=1S/C20H27NO3/c22-18(14-11-15-7-3-1-4-8-15)24-19(16-9-5-2-6-10-16)20(23)21-17-12-13-17/h2,5-6,9-10,15,17,19H,1,3-4,7-8,11-14H2,(H,21,23)/t19-/m0/s1. The minimum atomic E-state index is -0.828. The second kappa shape index (κ2) is 8.32. The van der Waals surface area contributed by atoms with Crippen molar-refractivity contribution in [2.24, 2.45) is 5.92 Å². The summed E-state index contributed by atoms with van der Waals surface area (Å²) in [7, 11) is 0. The van der Waals surface area contributed by atoms with E-state index in [0.717, 1.165) is 24.8 Å². The normalized spacial score (nSPS) is 19.5. The molecule has 0 aliphatic heterocycles. The molecular weight excluding hydrogens is 302 g/mol. The van der Waals surface area contributed by atoms with E-state index in [4.69, 9.17) is 4.74 Å². The fourth-order valence-corrected chi connectivity index (χ4v) is 3.39. The molecule has 0 saturated heterocycles. The first-order chi connectivity index (χ1) is 11.7. The molecule has 0 radical (unpaired) electrons. The molecule has 2 aliphatic carbocycles. The van der Waals surface area contributed by atoms with E-state index in [-0.39, 0.29) is 17.9 Å². The van der Waals surface area contributed by atoms with Gasteiger partial charge in [-0.15, -0.1) is 0 Å². The SMILES string of the molecule is O=C(CCC1CCCCC1)O[C@H](C(=O)NC1CC1)c1ccccc1. The van der Waals surface area contributed by atoms with Crippen LogP contribution in [-0.2, 0) is 14.3 Å². The van der Waals surface area contributed by atoms with Crippen molar-refractivity contribution in [3.8, 4) is 0 Å². The number of esters is 1. The van der Waals surface area contributed by atoms with Crippen molar-refractivity contribution in [3.63, 3.8) is 0 Å². The van der Waals surface area contributed by atoms with Crippen LogP contribution in [0.2, 0.25) is 0 Å². The summed E-state index contributed by atoms with van der Waals surface area (Å²) in [5.41, 5.74) is 0.738. The van der Waals surface area contributed by atoms with Crippen molar-refractivity contribution in [2.45, 2.75) is 69.9 Å². The second-order valence-electron chi connectivity index (χ2n) is 7.11. The van der Waals surface area contributed by atoms with Crippen molar-refractivity contribution in [2.75, 3.05) is 0 Å². The van der Waals surface area contributed by atoms with Crippen LogP contribution in [0.4, 0.5) is 0 Å². The number of carbonyl (C=O) groups is 2. The molecule has 0 aromatic heterocycles. The van der Waals surface area contributed by atoms with Crippen molar-refractivity contribution < 1.29 is 14.3 Å². The molecule has 0 spiro atoms. The molecule has 1 atom stereocenters. The number of hydrogen-bond donors (Lipinski definition) is 1. The van der Waals surface area contributed by atoms with E-state index >= 15 is 0 Å². The summed E-state index contributed by atoms with van der Waals surface area (Å²) in [6.45, 7) is 0. The van der Waals surface area contributed by atoms with E-state index in [0.29, 0.717) is 12.3 Å². The number of amides is 1. The highest BCUT2D eigenvalue weighted by atomic mass is 16.5. The van der Waals surface area contributed by atoms with Crippen molar-refractivity contribution in [3.05, 3.63) is 35.9 Å². The maximum Gasteiger partial charge on any atom is 0.306 e. The third-order valence-electron chi connectivity index (χ3n) is 4.99.